The van der Waals surface area contributed by atoms with E-state index in [1.807, 2.05) is 20.8 Å². The first-order chi connectivity index (χ1) is 32.7. The highest BCUT2D eigenvalue weighted by molar-refractivity contribution is 5.73. The minimum atomic E-state index is -2.15. The molecule has 0 aromatic carbocycles. The van der Waals surface area contributed by atoms with E-state index in [0.717, 1.165) is 5.57 Å². The molecule has 0 unspecified atom stereocenters. The Balaban J connectivity index is 1.11. The standard InChI is InChI=1S/C48H78O22/c1-43(2)13-20-19-7-8-24-44(3)11-10-26(45(4,17-51)23(44)9-12-46(24,5)47(19,6)14-25(53)48(20,18-52)38(62)37(43)61)67-42-35(69-41-32(59)30(57)28(55)22(16-50)66-41)33(60)34(36(70-42)39(63)64)68-40-31(58)29(56)27(54)21(15-49)65-40/h7,20-38,40-42,49-62H,8-18H2,1-6H3,(H,63,64)/t20-,21+,22+,23+,24+,25+,26-,27+,28+,29-,30-,31+,32+,33-,34-,35+,36-,37+,38+,40-,41-,42+,44-,45+,46+,47+,48-/m0/s1. The lowest BCUT2D eigenvalue weighted by molar-refractivity contribution is -0.392. The van der Waals surface area contributed by atoms with Crippen LogP contribution < -0.4 is 0 Å². The molecule has 0 spiro atoms. The molecular formula is C48H78O22. The minimum Gasteiger partial charge on any atom is -0.479 e. The van der Waals surface area contributed by atoms with Gasteiger partial charge in [0, 0.05) is 5.41 Å². The first-order valence-corrected chi connectivity index (χ1v) is 24.8. The largest absolute Gasteiger partial charge is 0.479 e. The molecule has 22 heteroatoms. The van der Waals surface area contributed by atoms with E-state index in [-0.39, 0.29) is 24.7 Å². The van der Waals surface area contributed by atoms with Crippen LogP contribution in [0.1, 0.15) is 86.5 Å². The van der Waals surface area contributed by atoms with Gasteiger partial charge in [0.15, 0.2) is 25.0 Å². The number of allylic oxidation sites excluding steroid dienone is 2. The fourth-order valence-corrected chi connectivity index (χ4v) is 15.4. The van der Waals surface area contributed by atoms with Gasteiger partial charge in [0.05, 0.1) is 56.3 Å². The number of aliphatic hydroxyl groups is 14. The number of ether oxygens (including phenoxy) is 6. The van der Waals surface area contributed by atoms with Crippen LogP contribution >= 0.6 is 0 Å². The third kappa shape index (κ3) is 8.00. The number of carboxylic acids is 1. The van der Waals surface area contributed by atoms with E-state index in [2.05, 4.69) is 26.8 Å². The highest BCUT2D eigenvalue weighted by Gasteiger charge is 2.73. The third-order valence-electron chi connectivity index (χ3n) is 19.8. The van der Waals surface area contributed by atoms with Crippen LogP contribution in [0, 0.1) is 50.2 Å². The van der Waals surface area contributed by atoms with E-state index in [1.165, 1.54) is 0 Å². The fourth-order valence-electron chi connectivity index (χ4n) is 15.4. The average Bonchev–Trinajstić information content (AvgIpc) is 3.31. The predicted molar refractivity (Wildman–Crippen MR) is 236 cm³/mol. The number of rotatable bonds is 11. The molecule has 5 aliphatic carbocycles. The Bertz CT molecular complexity index is 1920. The number of hydrogen-bond donors (Lipinski definition) is 15. The summed E-state index contributed by atoms with van der Waals surface area (Å²) in [5, 5.41) is 164. The molecule has 3 aliphatic heterocycles. The van der Waals surface area contributed by atoms with Crippen molar-refractivity contribution < 1.29 is 110 Å². The van der Waals surface area contributed by atoms with Crippen LogP contribution in [0.25, 0.3) is 0 Å². The van der Waals surface area contributed by atoms with Crippen molar-refractivity contribution >= 4 is 5.97 Å². The second kappa shape index (κ2) is 19.2. The van der Waals surface area contributed by atoms with Crippen LogP contribution in [0.2, 0.25) is 0 Å². The molecule has 402 valence electrons. The Hall–Kier alpha value is -1.59. The molecule has 3 heterocycles. The second-order valence-corrected chi connectivity index (χ2v) is 23.6. The van der Waals surface area contributed by atoms with Crippen molar-refractivity contribution in [2.75, 3.05) is 26.4 Å². The summed E-state index contributed by atoms with van der Waals surface area (Å²) >= 11 is 0. The SMILES string of the molecule is CC1(C)C[C@H]2C3=CC[C@@H]4[C@@]5(C)CC[C@H](O[C@@H]6O[C@H](C(=O)O)[C@@H](O[C@@H]7O[C@H](CO)[C@@H](O)[C@H](O)[C@H]7O)[C@H](O)[C@H]6O[C@@H]6O[C@H](CO)[C@@H](O)[C@H](O)[C@H]6O)[C@](C)(CO)[C@@H]5CC[C@@]4(C)[C@]3(C)C[C@@H](O)[C@@]2(CO)[C@H](O)[C@H]1O. The highest BCUT2D eigenvalue weighted by Crippen LogP contribution is 2.76. The van der Waals surface area contributed by atoms with Gasteiger partial charge in [-0.05, 0) is 84.4 Å². The summed E-state index contributed by atoms with van der Waals surface area (Å²) in [4.78, 5) is 13.0. The van der Waals surface area contributed by atoms with E-state index in [4.69, 9.17) is 28.4 Å². The van der Waals surface area contributed by atoms with Crippen LogP contribution in [0.4, 0.5) is 0 Å². The molecule has 0 radical (unpaired) electrons. The van der Waals surface area contributed by atoms with Gasteiger partial charge in [-0.25, -0.2) is 4.79 Å². The molecule has 70 heavy (non-hydrogen) atoms. The topological polar surface area (TPSA) is 376 Å². The number of fused-ring (bicyclic) bond motifs is 7. The van der Waals surface area contributed by atoms with Gasteiger partial charge in [-0.3, -0.25) is 0 Å². The van der Waals surface area contributed by atoms with E-state index in [0.29, 0.717) is 32.1 Å². The zero-order valence-corrected chi connectivity index (χ0v) is 40.6. The van der Waals surface area contributed by atoms with Gasteiger partial charge in [0.25, 0.3) is 0 Å². The number of carbonyl (C=O) groups is 1. The lowest BCUT2D eigenvalue weighted by Gasteiger charge is -2.72. The summed E-state index contributed by atoms with van der Waals surface area (Å²) in [5.74, 6) is -2.40. The lowest BCUT2D eigenvalue weighted by Crippen LogP contribution is -2.72. The first kappa shape index (κ1) is 54.7. The maximum Gasteiger partial charge on any atom is 0.335 e. The van der Waals surface area contributed by atoms with E-state index < -0.39 is 187 Å². The number of aliphatic carboxylic acids is 1. The second-order valence-electron chi connectivity index (χ2n) is 23.6. The van der Waals surface area contributed by atoms with Crippen molar-refractivity contribution in [3.05, 3.63) is 11.6 Å². The van der Waals surface area contributed by atoms with Gasteiger partial charge in [-0.1, -0.05) is 53.2 Å². The van der Waals surface area contributed by atoms with Gasteiger partial charge in [0.2, 0.25) is 0 Å². The van der Waals surface area contributed by atoms with E-state index in [1.54, 1.807) is 0 Å². The van der Waals surface area contributed by atoms with Crippen molar-refractivity contribution in [2.45, 2.75) is 203 Å². The summed E-state index contributed by atoms with van der Waals surface area (Å²) in [6, 6.07) is 0. The number of carboxylic acid groups (broad SMARTS) is 1. The van der Waals surface area contributed by atoms with Crippen LogP contribution in [0.15, 0.2) is 11.6 Å². The van der Waals surface area contributed by atoms with Crippen molar-refractivity contribution in [2.24, 2.45) is 50.2 Å². The summed E-state index contributed by atoms with van der Waals surface area (Å²) in [6.07, 6.45) is -27.6. The monoisotopic (exact) mass is 1010 g/mol. The van der Waals surface area contributed by atoms with E-state index in [9.17, 15) is 81.4 Å². The minimum absolute atomic E-state index is 0.0213. The van der Waals surface area contributed by atoms with Crippen molar-refractivity contribution in [3.8, 4) is 0 Å². The molecule has 15 N–H and O–H groups in total. The molecule has 0 amide bonds. The average molecular weight is 1010 g/mol. The molecule has 0 bridgehead atoms. The van der Waals surface area contributed by atoms with Crippen LogP contribution in [0.5, 0.6) is 0 Å². The fraction of sp³-hybridized carbons (Fsp3) is 0.938. The van der Waals surface area contributed by atoms with Crippen molar-refractivity contribution in [3.63, 3.8) is 0 Å². The third-order valence-corrected chi connectivity index (χ3v) is 19.8. The van der Waals surface area contributed by atoms with Gasteiger partial charge in [-0.15, -0.1) is 0 Å². The first-order valence-electron chi connectivity index (χ1n) is 24.8. The number of aliphatic hydroxyl groups excluding tert-OH is 14. The Morgan fingerprint density at radius 3 is 1.73 bits per heavy atom. The molecule has 7 fully saturated rings. The lowest BCUT2D eigenvalue weighted by atomic mass is 9.33. The normalized spacial score (nSPS) is 55.6. The summed E-state index contributed by atoms with van der Waals surface area (Å²) in [7, 11) is 0. The molecule has 0 aromatic heterocycles. The molecular weight excluding hydrogens is 929 g/mol. The van der Waals surface area contributed by atoms with Crippen LogP contribution in [0.3, 0.4) is 0 Å². The molecule has 3 saturated heterocycles. The molecule has 0 aromatic rings. The molecule has 27 atom stereocenters. The predicted octanol–water partition coefficient (Wildman–Crippen LogP) is -3.41. The van der Waals surface area contributed by atoms with Crippen molar-refractivity contribution in [1.29, 1.82) is 0 Å². The number of hydrogen-bond acceptors (Lipinski definition) is 21. The van der Waals surface area contributed by atoms with Gasteiger partial charge in [-0.2, -0.15) is 0 Å². The van der Waals surface area contributed by atoms with Gasteiger partial charge in [0.1, 0.15) is 67.1 Å². The highest BCUT2D eigenvalue weighted by atomic mass is 16.8. The maximum absolute atomic E-state index is 13.0. The molecule has 4 saturated carbocycles. The Morgan fingerprint density at radius 2 is 1.20 bits per heavy atom. The molecule has 8 rings (SSSR count). The summed E-state index contributed by atoms with van der Waals surface area (Å²) in [6.45, 7) is 9.60. The van der Waals surface area contributed by atoms with Crippen LogP contribution in [-0.2, 0) is 33.2 Å². The Labute approximate surface area is 406 Å². The zero-order valence-electron chi connectivity index (χ0n) is 40.6. The smallest absolute Gasteiger partial charge is 0.335 e. The summed E-state index contributed by atoms with van der Waals surface area (Å²) < 4.78 is 35.7. The van der Waals surface area contributed by atoms with E-state index >= 15 is 0 Å². The van der Waals surface area contributed by atoms with Crippen LogP contribution in [-0.4, -0.2) is 226 Å². The summed E-state index contributed by atoms with van der Waals surface area (Å²) in [5.41, 5.74) is -3.63. The van der Waals surface area contributed by atoms with Gasteiger partial charge >= 0.3 is 5.97 Å². The van der Waals surface area contributed by atoms with Crippen molar-refractivity contribution in [1.82, 2.24) is 0 Å². The molecule has 22 nitrogen and oxygen atoms in total. The van der Waals surface area contributed by atoms with Gasteiger partial charge < -0.3 is 105 Å². The molecule has 8 aliphatic rings. The quantitative estimate of drug-likeness (QED) is 0.0708. The Morgan fingerprint density at radius 1 is 0.629 bits per heavy atom. The maximum atomic E-state index is 13.0. The Kier molecular flexibility index (Phi) is 15.0. The zero-order chi connectivity index (χ0) is 51.6.